The van der Waals surface area contributed by atoms with Crippen LogP contribution < -0.4 is 4.74 Å². The standard InChI is InChI=1S/C28H38N2O5/c1-3-4-18-35-27(32)30-16-14-29(15-17-30)26(31)25(28(33)12-6-5-7-13-28)23-9-8-22-20-24(34-2)11-10-21(22)19-23/h8-11,19-20,25,33H,3-7,12-18H2,1-2H3. The summed E-state index contributed by atoms with van der Waals surface area (Å²) in [6.07, 6.45) is 5.68. The highest BCUT2D eigenvalue weighted by Crippen LogP contribution is 2.42. The van der Waals surface area contributed by atoms with E-state index in [-0.39, 0.29) is 12.0 Å². The minimum atomic E-state index is -1.06. The first-order valence-electron chi connectivity index (χ1n) is 13.0. The third kappa shape index (κ3) is 5.72. The van der Waals surface area contributed by atoms with Crippen molar-refractivity contribution in [2.75, 3.05) is 39.9 Å². The maximum Gasteiger partial charge on any atom is 0.409 e. The number of rotatable bonds is 7. The second-order valence-corrected chi connectivity index (χ2v) is 9.85. The smallest absolute Gasteiger partial charge is 0.409 e. The zero-order valence-corrected chi connectivity index (χ0v) is 21.0. The largest absolute Gasteiger partial charge is 0.497 e. The Morgan fingerprint density at radius 3 is 2.31 bits per heavy atom. The molecule has 2 amide bonds. The van der Waals surface area contributed by atoms with Gasteiger partial charge in [-0.15, -0.1) is 0 Å². The molecule has 1 unspecified atom stereocenters. The number of amides is 2. The fourth-order valence-corrected chi connectivity index (χ4v) is 5.37. The van der Waals surface area contributed by atoms with E-state index < -0.39 is 11.5 Å². The molecule has 1 saturated heterocycles. The lowest BCUT2D eigenvalue weighted by atomic mass is 9.72. The highest BCUT2D eigenvalue weighted by molar-refractivity contribution is 5.89. The number of methoxy groups -OCH3 is 1. The number of hydrogen-bond donors (Lipinski definition) is 1. The van der Waals surface area contributed by atoms with Gasteiger partial charge in [0.15, 0.2) is 0 Å². The SMILES string of the molecule is CCCCOC(=O)N1CCN(C(=O)C(c2ccc3cc(OC)ccc3c2)C2(O)CCCCC2)CC1. The minimum absolute atomic E-state index is 0.0544. The van der Waals surface area contributed by atoms with Gasteiger partial charge in [-0.2, -0.15) is 0 Å². The molecule has 7 nitrogen and oxygen atoms in total. The zero-order valence-electron chi connectivity index (χ0n) is 21.0. The molecule has 1 atom stereocenters. The summed E-state index contributed by atoms with van der Waals surface area (Å²) in [5.41, 5.74) is -0.218. The number of unbranched alkanes of at least 4 members (excludes halogenated alkanes) is 1. The van der Waals surface area contributed by atoms with Gasteiger partial charge in [-0.3, -0.25) is 4.79 Å². The van der Waals surface area contributed by atoms with E-state index in [4.69, 9.17) is 9.47 Å². The molecule has 0 spiro atoms. The van der Waals surface area contributed by atoms with Crippen molar-refractivity contribution >= 4 is 22.8 Å². The van der Waals surface area contributed by atoms with E-state index in [2.05, 4.69) is 6.92 Å². The molecule has 2 aliphatic rings. The van der Waals surface area contributed by atoms with Crippen molar-refractivity contribution in [2.45, 2.75) is 63.4 Å². The molecular formula is C28H38N2O5. The first kappa shape index (κ1) is 25.3. The van der Waals surface area contributed by atoms with Crippen LogP contribution in [0.3, 0.4) is 0 Å². The predicted molar refractivity (Wildman–Crippen MR) is 136 cm³/mol. The van der Waals surface area contributed by atoms with Gasteiger partial charge < -0.3 is 24.4 Å². The van der Waals surface area contributed by atoms with Gasteiger partial charge in [0.05, 0.1) is 25.2 Å². The summed E-state index contributed by atoms with van der Waals surface area (Å²) in [6, 6.07) is 11.9. The lowest BCUT2D eigenvalue weighted by molar-refractivity contribution is -0.143. The number of aliphatic hydroxyl groups is 1. The van der Waals surface area contributed by atoms with E-state index >= 15 is 0 Å². The van der Waals surface area contributed by atoms with Crippen LogP contribution in [0.15, 0.2) is 36.4 Å². The van der Waals surface area contributed by atoms with E-state index in [1.165, 1.54) is 0 Å². The van der Waals surface area contributed by atoms with Gasteiger partial charge in [0.1, 0.15) is 5.75 Å². The number of benzene rings is 2. The second-order valence-electron chi connectivity index (χ2n) is 9.85. The Bertz CT molecular complexity index is 1030. The number of nitrogens with zero attached hydrogens (tertiary/aromatic N) is 2. The summed E-state index contributed by atoms with van der Waals surface area (Å²) in [4.78, 5) is 29.7. The fourth-order valence-electron chi connectivity index (χ4n) is 5.37. The number of fused-ring (bicyclic) bond motifs is 1. The molecule has 2 fully saturated rings. The molecule has 1 aliphatic carbocycles. The number of ether oxygens (including phenoxy) is 2. The predicted octanol–water partition coefficient (Wildman–Crippen LogP) is 4.71. The van der Waals surface area contributed by atoms with Crippen LogP contribution in [0.4, 0.5) is 4.79 Å². The van der Waals surface area contributed by atoms with Crippen molar-refractivity contribution in [3.05, 3.63) is 42.0 Å². The molecule has 4 rings (SSSR count). The topological polar surface area (TPSA) is 79.3 Å². The highest BCUT2D eigenvalue weighted by atomic mass is 16.6. The van der Waals surface area contributed by atoms with Crippen LogP contribution in [0, 0.1) is 0 Å². The van der Waals surface area contributed by atoms with Crippen molar-refractivity contribution in [1.29, 1.82) is 0 Å². The average Bonchev–Trinajstić information content (AvgIpc) is 2.89. The van der Waals surface area contributed by atoms with Crippen molar-refractivity contribution in [2.24, 2.45) is 0 Å². The number of carbonyl (C=O) groups is 2. The number of hydrogen-bond acceptors (Lipinski definition) is 5. The summed E-state index contributed by atoms with van der Waals surface area (Å²) in [5, 5.41) is 13.8. The second kappa shape index (κ2) is 11.3. The number of carbonyl (C=O) groups excluding carboxylic acids is 2. The Morgan fingerprint density at radius 1 is 0.971 bits per heavy atom. The molecule has 1 saturated carbocycles. The lowest BCUT2D eigenvalue weighted by Crippen LogP contribution is -2.55. The highest BCUT2D eigenvalue weighted by Gasteiger charge is 2.45. The third-order valence-corrected chi connectivity index (χ3v) is 7.48. The van der Waals surface area contributed by atoms with Gasteiger partial charge in [0.25, 0.3) is 0 Å². The molecule has 1 N–H and O–H groups in total. The van der Waals surface area contributed by atoms with Crippen molar-refractivity contribution in [3.63, 3.8) is 0 Å². The molecule has 35 heavy (non-hydrogen) atoms. The van der Waals surface area contributed by atoms with Crippen LogP contribution >= 0.6 is 0 Å². The van der Waals surface area contributed by atoms with Gasteiger partial charge in [0.2, 0.25) is 5.91 Å². The molecular weight excluding hydrogens is 444 g/mol. The van der Waals surface area contributed by atoms with Crippen molar-refractivity contribution in [3.8, 4) is 5.75 Å². The Morgan fingerprint density at radius 2 is 1.63 bits per heavy atom. The Hall–Kier alpha value is -2.80. The molecule has 190 valence electrons. The Balaban J connectivity index is 1.54. The molecule has 7 heteroatoms. The zero-order chi connectivity index (χ0) is 24.8. The molecule has 2 aromatic carbocycles. The van der Waals surface area contributed by atoms with Crippen molar-refractivity contribution in [1.82, 2.24) is 9.80 Å². The van der Waals surface area contributed by atoms with Crippen LogP contribution in [0.5, 0.6) is 5.75 Å². The van der Waals surface area contributed by atoms with Crippen LogP contribution in [0.2, 0.25) is 0 Å². The molecule has 0 aromatic heterocycles. The van der Waals surface area contributed by atoms with Gasteiger partial charge in [-0.25, -0.2) is 4.79 Å². The summed E-state index contributed by atoms with van der Waals surface area (Å²) in [6.45, 7) is 4.26. The summed E-state index contributed by atoms with van der Waals surface area (Å²) in [7, 11) is 1.65. The average molecular weight is 483 g/mol. The Kier molecular flexibility index (Phi) is 8.16. The normalized spacial score (nSPS) is 18.8. The summed E-state index contributed by atoms with van der Waals surface area (Å²) >= 11 is 0. The van der Waals surface area contributed by atoms with Crippen LogP contribution in [-0.4, -0.2) is 72.4 Å². The molecule has 0 bridgehead atoms. The van der Waals surface area contributed by atoms with Gasteiger partial charge >= 0.3 is 6.09 Å². The lowest BCUT2D eigenvalue weighted by Gasteiger charge is -2.42. The summed E-state index contributed by atoms with van der Waals surface area (Å²) < 4.78 is 10.7. The first-order valence-corrected chi connectivity index (χ1v) is 13.0. The van der Waals surface area contributed by atoms with Gasteiger partial charge in [-0.1, -0.05) is 56.9 Å². The van der Waals surface area contributed by atoms with E-state index in [9.17, 15) is 14.7 Å². The molecule has 1 heterocycles. The fraction of sp³-hybridized carbons (Fsp3) is 0.571. The van der Waals surface area contributed by atoms with E-state index in [0.29, 0.717) is 45.6 Å². The van der Waals surface area contributed by atoms with Crippen molar-refractivity contribution < 1.29 is 24.2 Å². The monoisotopic (exact) mass is 482 g/mol. The van der Waals surface area contributed by atoms with E-state index in [1.807, 2.05) is 41.3 Å². The summed E-state index contributed by atoms with van der Waals surface area (Å²) in [5.74, 6) is 0.105. The van der Waals surface area contributed by atoms with Gasteiger partial charge in [-0.05, 0) is 47.7 Å². The minimum Gasteiger partial charge on any atom is -0.497 e. The van der Waals surface area contributed by atoms with Crippen LogP contribution in [0.25, 0.3) is 10.8 Å². The van der Waals surface area contributed by atoms with Crippen LogP contribution in [-0.2, 0) is 9.53 Å². The Labute approximate surface area is 208 Å². The number of piperazine rings is 1. The molecule has 0 radical (unpaired) electrons. The van der Waals surface area contributed by atoms with E-state index in [0.717, 1.165) is 54.2 Å². The maximum atomic E-state index is 13.9. The third-order valence-electron chi connectivity index (χ3n) is 7.48. The van der Waals surface area contributed by atoms with E-state index in [1.54, 1.807) is 12.0 Å². The molecule has 2 aromatic rings. The molecule has 1 aliphatic heterocycles. The van der Waals surface area contributed by atoms with Crippen LogP contribution in [0.1, 0.15) is 63.4 Å². The first-order chi connectivity index (χ1) is 16.9. The maximum absolute atomic E-state index is 13.9. The van der Waals surface area contributed by atoms with Gasteiger partial charge in [0, 0.05) is 26.2 Å². The quantitative estimate of drug-likeness (QED) is 0.579.